The van der Waals surface area contributed by atoms with Gasteiger partial charge in [0.1, 0.15) is 6.54 Å². The summed E-state index contributed by atoms with van der Waals surface area (Å²) in [6, 6.07) is 14.4. The molecule has 1 fully saturated rings. The highest BCUT2D eigenvalue weighted by Crippen LogP contribution is 2.23. The van der Waals surface area contributed by atoms with E-state index >= 15 is 0 Å². The number of carbonyl (C=O) groups excluding carboxylic acids is 3. The van der Waals surface area contributed by atoms with E-state index in [0.717, 1.165) is 4.90 Å². The molecule has 0 aromatic heterocycles. The Kier molecular flexibility index (Phi) is 5.40. The van der Waals surface area contributed by atoms with Gasteiger partial charge in [-0.05, 0) is 37.1 Å². The summed E-state index contributed by atoms with van der Waals surface area (Å²) in [6.45, 7) is 0.390. The van der Waals surface area contributed by atoms with Crippen LogP contribution in [0.5, 0.6) is 0 Å². The van der Waals surface area contributed by atoms with Gasteiger partial charge in [0.05, 0.1) is 16.0 Å². The van der Waals surface area contributed by atoms with Crippen molar-refractivity contribution >= 4 is 27.7 Å². The average molecular weight is 427 g/mol. The maximum atomic E-state index is 12.7. The van der Waals surface area contributed by atoms with Crippen LogP contribution in [-0.4, -0.2) is 61.6 Å². The van der Waals surface area contributed by atoms with E-state index in [1.807, 2.05) is 0 Å². The quantitative estimate of drug-likeness (QED) is 0.724. The summed E-state index contributed by atoms with van der Waals surface area (Å²) in [5.74, 6) is -1.25. The molecular formula is C21H21N3O5S. The van der Waals surface area contributed by atoms with Crippen LogP contribution in [0, 0.1) is 0 Å². The molecule has 0 unspecified atom stereocenters. The maximum Gasteiger partial charge on any atom is 0.262 e. The number of fused-ring (bicyclic) bond motifs is 1. The number of imide groups is 1. The minimum Gasteiger partial charge on any atom is -0.341 e. The topological polar surface area (TPSA) is 104 Å². The molecule has 9 heteroatoms. The van der Waals surface area contributed by atoms with Crippen molar-refractivity contribution in [1.82, 2.24) is 14.5 Å². The Morgan fingerprint density at radius 1 is 0.900 bits per heavy atom. The lowest BCUT2D eigenvalue weighted by Crippen LogP contribution is -2.49. The first-order valence-electron chi connectivity index (χ1n) is 9.67. The van der Waals surface area contributed by atoms with Gasteiger partial charge in [0.25, 0.3) is 11.8 Å². The van der Waals surface area contributed by atoms with Crippen molar-refractivity contribution in [2.24, 2.45) is 0 Å². The molecule has 0 saturated carbocycles. The Bertz CT molecular complexity index is 1060. The van der Waals surface area contributed by atoms with Gasteiger partial charge in [0, 0.05) is 19.1 Å². The number of nitrogens with one attached hydrogen (secondary N) is 1. The van der Waals surface area contributed by atoms with Crippen molar-refractivity contribution in [2.45, 2.75) is 23.8 Å². The predicted octanol–water partition coefficient (Wildman–Crippen LogP) is 1.25. The lowest BCUT2D eigenvalue weighted by Gasteiger charge is -2.33. The molecule has 0 atom stereocenters. The lowest BCUT2D eigenvalue weighted by molar-refractivity contribution is -0.132. The number of hydrogen-bond acceptors (Lipinski definition) is 5. The molecule has 1 saturated heterocycles. The average Bonchev–Trinajstić information content (AvgIpc) is 3.00. The Balaban J connectivity index is 1.33. The van der Waals surface area contributed by atoms with Gasteiger partial charge >= 0.3 is 0 Å². The molecule has 3 amide bonds. The fourth-order valence-corrected chi connectivity index (χ4v) is 5.08. The number of carbonyl (C=O) groups is 3. The number of nitrogens with zero attached hydrogens (tertiary/aromatic N) is 2. The molecule has 8 nitrogen and oxygen atoms in total. The van der Waals surface area contributed by atoms with Crippen LogP contribution >= 0.6 is 0 Å². The molecule has 0 aliphatic carbocycles. The smallest absolute Gasteiger partial charge is 0.262 e. The van der Waals surface area contributed by atoms with Crippen LogP contribution in [0.3, 0.4) is 0 Å². The first-order valence-corrected chi connectivity index (χ1v) is 11.2. The van der Waals surface area contributed by atoms with Gasteiger partial charge < -0.3 is 4.90 Å². The summed E-state index contributed by atoms with van der Waals surface area (Å²) in [6.07, 6.45) is 0.917. The standard InChI is InChI=1S/C21H21N3O5S/c25-19(14-24-20(26)17-8-4-5-9-18(17)21(24)27)23-12-10-15(11-13-23)22-30(28,29)16-6-2-1-3-7-16/h1-9,15,22H,10-14H2. The van der Waals surface area contributed by atoms with Crippen molar-refractivity contribution < 1.29 is 22.8 Å². The number of amides is 3. The minimum absolute atomic E-state index is 0.203. The number of rotatable bonds is 5. The summed E-state index contributed by atoms with van der Waals surface area (Å²) in [5, 5.41) is 0. The number of hydrogen-bond donors (Lipinski definition) is 1. The van der Waals surface area contributed by atoms with Gasteiger partial charge in [-0.1, -0.05) is 30.3 Å². The molecular weight excluding hydrogens is 406 g/mol. The van der Waals surface area contributed by atoms with Crippen molar-refractivity contribution in [3.63, 3.8) is 0 Å². The molecule has 2 aromatic carbocycles. The Morgan fingerprint density at radius 2 is 1.43 bits per heavy atom. The molecule has 2 aromatic rings. The normalized spacial score (nSPS) is 17.3. The second kappa shape index (κ2) is 8.00. The maximum absolute atomic E-state index is 12.7. The van der Waals surface area contributed by atoms with Crippen LogP contribution < -0.4 is 4.72 Å². The van der Waals surface area contributed by atoms with Crippen LogP contribution in [0.4, 0.5) is 0 Å². The number of piperidine rings is 1. The summed E-state index contributed by atoms with van der Waals surface area (Å²) in [7, 11) is -3.61. The van der Waals surface area contributed by atoms with Crippen molar-refractivity contribution in [3.8, 4) is 0 Å². The van der Waals surface area contributed by atoms with Crippen LogP contribution in [0.2, 0.25) is 0 Å². The first kappa shape index (κ1) is 20.2. The van der Waals surface area contributed by atoms with Gasteiger partial charge in [0.2, 0.25) is 15.9 Å². The number of benzene rings is 2. The molecule has 4 rings (SSSR count). The van der Waals surface area contributed by atoms with Gasteiger partial charge in [-0.15, -0.1) is 0 Å². The summed E-state index contributed by atoms with van der Waals surface area (Å²) >= 11 is 0. The third kappa shape index (κ3) is 3.86. The zero-order valence-corrected chi connectivity index (χ0v) is 17.0. The fraction of sp³-hybridized carbons (Fsp3) is 0.286. The number of likely N-dealkylation sites (tertiary alicyclic amines) is 1. The largest absolute Gasteiger partial charge is 0.341 e. The monoisotopic (exact) mass is 427 g/mol. The molecule has 1 N–H and O–H groups in total. The van der Waals surface area contributed by atoms with Crippen molar-refractivity contribution in [1.29, 1.82) is 0 Å². The van der Waals surface area contributed by atoms with E-state index in [0.29, 0.717) is 37.1 Å². The van der Waals surface area contributed by atoms with Gasteiger partial charge in [-0.3, -0.25) is 19.3 Å². The van der Waals surface area contributed by atoms with E-state index in [9.17, 15) is 22.8 Å². The van der Waals surface area contributed by atoms with Crippen LogP contribution in [0.15, 0.2) is 59.5 Å². The SMILES string of the molecule is O=C(CN1C(=O)c2ccccc2C1=O)N1CCC(NS(=O)(=O)c2ccccc2)CC1. The van der Waals surface area contributed by atoms with Crippen molar-refractivity contribution in [3.05, 3.63) is 65.7 Å². The minimum atomic E-state index is -3.61. The van der Waals surface area contributed by atoms with E-state index in [2.05, 4.69) is 4.72 Å². The molecule has 156 valence electrons. The summed E-state index contributed by atoms with van der Waals surface area (Å²) in [4.78, 5) is 40.2. The molecule has 30 heavy (non-hydrogen) atoms. The van der Waals surface area contributed by atoms with Gasteiger partial charge in [-0.25, -0.2) is 13.1 Å². The highest BCUT2D eigenvalue weighted by molar-refractivity contribution is 7.89. The second-order valence-corrected chi connectivity index (χ2v) is 9.05. The van der Waals surface area contributed by atoms with E-state index in [1.54, 1.807) is 47.4 Å². The van der Waals surface area contributed by atoms with Crippen LogP contribution in [-0.2, 0) is 14.8 Å². The third-order valence-corrected chi connectivity index (χ3v) is 6.93. The van der Waals surface area contributed by atoms with E-state index in [-0.39, 0.29) is 23.4 Å². The molecule has 0 spiro atoms. The number of sulfonamides is 1. The zero-order valence-electron chi connectivity index (χ0n) is 16.2. The van der Waals surface area contributed by atoms with Gasteiger partial charge in [-0.2, -0.15) is 0 Å². The highest BCUT2D eigenvalue weighted by Gasteiger charge is 2.37. The lowest BCUT2D eigenvalue weighted by atomic mass is 10.1. The molecule has 2 heterocycles. The van der Waals surface area contributed by atoms with Gasteiger partial charge in [0.15, 0.2) is 0 Å². The molecule has 2 aliphatic rings. The first-order chi connectivity index (χ1) is 14.4. The summed E-state index contributed by atoms with van der Waals surface area (Å²) < 4.78 is 27.6. The zero-order chi connectivity index (χ0) is 21.3. The Morgan fingerprint density at radius 3 is 2.00 bits per heavy atom. The Hall–Kier alpha value is -3.04. The van der Waals surface area contributed by atoms with E-state index in [1.165, 1.54) is 12.1 Å². The van der Waals surface area contributed by atoms with E-state index in [4.69, 9.17) is 0 Å². The fourth-order valence-electron chi connectivity index (χ4n) is 3.75. The molecule has 0 radical (unpaired) electrons. The van der Waals surface area contributed by atoms with Crippen LogP contribution in [0.1, 0.15) is 33.6 Å². The predicted molar refractivity (Wildman–Crippen MR) is 108 cm³/mol. The molecule has 0 bridgehead atoms. The summed E-state index contributed by atoms with van der Waals surface area (Å²) in [5.41, 5.74) is 0.619. The highest BCUT2D eigenvalue weighted by atomic mass is 32.2. The van der Waals surface area contributed by atoms with Crippen molar-refractivity contribution in [2.75, 3.05) is 19.6 Å². The van der Waals surface area contributed by atoms with E-state index < -0.39 is 21.8 Å². The second-order valence-electron chi connectivity index (χ2n) is 7.33. The van der Waals surface area contributed by atoms with Crippen LogP contribution in [0.25, 0.3) is 0 Å². The third-order valence-electron chi connectivity index (χ3n) is 5.39. The Labute approximate surface area is 174 Å². The molecule has 2 aliphatic heterocycles.